The highest BCUT2D eigenvalue weighted by Crippen LogP contribution is 2.36. The number of hydrogen-bond donors (Lipinski definition) is 4. The number of phenolic OH excluding ortho intramolecular Hbond substituents is 2. The van der Waals surface area contributed by atoms with E-state index >= 15 is 0 Å². The Bertz CT molecular complexity index is 370. The van der Waals surface area contributed by atoms with Crippen molar-refractivity contribution < 1.29 is 24.6 Å². The molecule has 6 heteroatoms. The molecule has 0 heterocycles. The smallest absolute Gasteiger partial charge is 0.325 e. The van der Waals surface area contributed by atoms with Gasteiger partial charge in [-0.15, -0.1) is 0 Å². The van der Waals surface area contributed by atoms with Crippen molar-refractivity contribution in [3.8, 4) is 11.5 Å². The lowest BCUT2D eigenvalue weighted by Gasteiger charge is -2.05. The van der Waals surface area contributed by atoms with Crippen molar-refractivity contribution in [2.24, 2.45) is 0 Å². The summed E-state index contributed by atoms with van der Waals surface area (Å²) in [6, 6.07) is 3.92. The molecular formula is C8H11O5P. The Balaban J connectivity index is 2.73. The molecule has 0 aliphatic carbocycles. The summed E-state index contributed by atoms with van der Waals surface area (Å²) in [6.45, 7) is 0. The van der Waals surface area contributed by atoms with E-state index in [1.165, 1.54) is 12.1 Å². The summed E-state index contributed by atoms with van der Waals surface area (Å²) < 4.78 is 10.5. The second-order valence-corrected chi connectivity index (χ2v) is 4.73. The summed E-state index contributed by atoms with van der Waals surface area (Å²) in [5.41, 5.74) is 0.408. The molecular weight excluding hydrogens is 207 g/mol. The summed E-state index contributed by atoms with van der Waals surface area (Å²) in [5.74, 6) is -0.235. The fourth-order valence-corrected chi connectivity index (χ4v) is 1.56. The Morgan fingerprint density at radius 2 is 1.86 bits per heavy atom. The number of phenols is 2. The van der Waals surface area contributed by atoms with Gasteiger partial charge >= 0.3 is 7.60 Å². The molecule has 0 saturated carbocycles. The van der Waals surface area contributed by atoms with Crippen LogP contribution in [0.5, 0.6) is 11.5 Å². The van der Waals surface area contributed by atoms with Crippen molar-refractivity contribution in [1.29, 1.82) is 0 Å². The van der Waals surface area contributed by atoms with E-state index in [0.29, 0.717) is 5.56 Å². The summed E-state index contributed by atoms with van der Waals surface area (Å²) in [5, 5.41) is 18.2. The maximum absolute atomic E-state index is 10.5. The van der Waals surface area contributed by atoms with Gasteiger partial charge in [0.2, 0.25) is 0 Å². The Labute approximate surface area is 80.8 Å². The van der Waals surface area contributed by atoms with Crippen LogP contribution in [-0.4, -0.2) is 26.2 Å². The molecule has 0 fully saturated rings. The van der Waals surface area contributed by atoms with Crippen LogP contribution in [0.2, 0.25) is 0 Å². The predicted octanol–water partition coefficient (Wildman–Crippen LogP) is 0.818. The SMILES string of the molecule is O=P(O)(O)CCc1ccc(O)cc1O. The van der Waals surface area contributed by atoms with Crippen LogP contribution in [0.1, 0.15) is 5.56 Å². The van der Waals surface area contributed by atoms with Gasteiger partial charge in [0.25, 0.3) is 0 Å². The topological polar surface area (TPSA) is 98.0 Å². The highest BCUT2D eigenvalue weighted by Gasteiger charge is 2.14. The third kappa shape index (κ3) is 3.38. The zero-order chi connectivity index (χ0) is 10.8. The average molecular weight is 218 g/mol. The van der Waals surface area contributed by atoms with E-state index in [1.54, 1.807) is 0 Å². The molecule has 0 aliphatic rings. The maximum atomic E-state index is 10.5. The van der Waals surface area contributed by atoms with Crippen LogP contribution in [0, 0.1) is 0 Å². The van der Waals surface area contributed by atoms with Gasteiger partial charge in [-0.1, -0.05) is 6.07 Å². The molecule has 0 radical (unpaired) electrons. The minimum atomic E-state index is -4.04. The lowest BCUT2D eigenvalue weighted by Crippen LogP contribution is -1.93. The molecule has 0 aliphatic heterocycles. The van der Waals surface area contributed by atoms with Crippen LogP contribution >= 0.6 is 7.60 Å². The van der Waals surface area contributed by atoms with E-state index in [4.69, 9.17) is 14.9 Å². The Hall–Kier alpha value is -1.03. The fourth-order valence-electron chi connectivity index (χ4n) is 1.03. The molecule has 0 atom stereocenters. The fraction of sp³-hybridized carbons (Fsp3) is 0.250. The minimum absolute atomic E-state index is 0.0798. The van der Waals surface area contributed by atoms with E-state index in [-0.39, 0.29) is 24.1 Å². The van der Waals surface area contributed by atoms with E-state index in [0.717, 1.165) is 6.07 Å². The lowest BCUT2D eigenvalue weighted by atomic mass is 10.1. The van der Waals surface area contributed by atoms with E-state index in [9.17, 15) is 9.67 Å². The molecule has 78 valence electrons. The molecule has 0 amide bonds. The zero-order valence-electron chi connectivity index (χ0n) is 7.29. The van der Waals surface area contributed by atoms with Crippen molar-refractivity contribution in [2.45, 2.75) is 6.42 Å². The quantitative estimate of drug-likeness (QED) is 0.563. The first kappa shape index (κ1) is 11.0. The molecule has 1 rings (SSSR count). The molecule has 0 spiro atoms. The first-order valence-corrected chi connectivity index (χ1v) is 5.74. The average Bonchev–Trinajstić information content (AvgIpc) is 2.00. The third-order valence-corrected chi connectivity index (χ3v) is 2.55. The highest BCUT2D eigenvalue weighted by molar-refractivity contribution is 7.51. The number of hydrogen-bond acceptors (Lipinski definition) is 3. The highest BCUT2D eigenvalue weighted by atomic mass is 31.2. The van der Waals surface area contributed by atoms with Gasteiger partial charge in [-0.05, 0) is 18.1 Å². The Morgan fingerprint density at radius 1 is 1.21 bits per heavy atom. The first-order chi connectivity index (χ1) is 6.38. The Morgan fingerprint density at radius 3 is 2.36 bits per heavy atom. The largest absolute Gasteiger partial charge is 0.508 e. The van der Waals surface area contributed by atoms with Crippen molar-refractivity contribution in [2.75, 3.05) is 6.16 Å². The third-order valence-electron chi connectivity index (χ3n) is 1.74. The zero-order valence-corrected chi connectivity index (χ0v) is 8.19. The minimum Gasteiger partial charge on any atom is -0.508 e. The number of benzene rings is 1. The summed E-state index contributed by atoms with van der Waals surface area (Å²) in [4.78, 5) is 17.2. The van der Waals surface area contributed by atoms with Gasteiger partial charge in [0.1, 0.15) is 11.5 Å². The van der Waals surface area contributed by atoms with Crippen LogP contribution in [0.25, 0.3) is 0 Å². The van der Waals surface area contributed by atoms with Gasteiger partial charge in [0.05, 0.1) is 6.16 Å². The maximum Gasteiger partial charge on any atom is 0.325 e. The number of aromatic hydroxyl groups is 2. The van der Waals surface area contributed by atoms with Gasteiger partial charge in [0, 0.05) is 6.07 Å². The molecule has 4 N–H and O–H groups in total. The molecule has 14 heavy (non-hydrogen) atoms. The van der Waals surface area contributed by atoms with E-state index < -0.39 is 7.60 Å². The van der Waals surface area contributed by atoms with Crippen LogP contribution in [0.4, 0.5) is 0 Å². The van der Waals surface area contributed by atoms with Crippen molar-refractivity contribution in [3.05, 3.63) is 23.8 Å². The van der Waals surface area contributed by atoms with Crippen molar-refractivity contribution >= 4 is 7.60 Å². The Kier molecular flexibility index (Phi) is 3.16. The molecule has 0 aromatic heterocycles. The standard InChI is InChI=1S/C8H11O5P/c9-7-2-1-6(8(10)5-7)3-4-14(11,12)13/h1-2,5,9-10H,3-4H2,(H2,11,12,13). The summed E-state index contributed by atoms with van der Waals surface area (Å²) in [7, 11) is -4.04. The second kappa shape index (κ2) is 4.00. The predicted molar refractivity (Wildman–Crippen MR) is 50.4 cm³/mol. The lowest BCUT2D eigenvalue weighted by molar-refractivity contribution is 0.372. The molecule has 0 saturated heterocycles. The van der Waals surface area contributed by atoms with Gasteiger partial charge in [0.15, 0.2) is 0 Å². The van der Waals surface area contributed by atoms with Crippen LogP contribution in [0.3, 0.4) is 0 Å². The molecule has 0 bridgehead atoms. The number of aryl methyl sites for hydroxylation is 1. The first-order valence-electron chi connectivity index (χ1n) is 3.94. The van der Waals surface area contributed by atoms with E-state index in [2.05, 4.69) is 0 Å². The van der Waals surface area contributed by atoms with Crippen molar-refractivity contribution in [3.63, 3.8) is 0 Å². The van der Waals surface area contributed by atoms with Crippen LogP contribution in [0.15, 0.2) is 18.2 Å². The summed E-state index contributed by atoms with van der Waals surface area (Å²) in [6.07, 6.45) is -0.234. The molecule has 5 nitrogen and oxygen atoms in total. The van der Waals surface area contributed by atoms with Crippen molar-refractivity contribution in [1.82, 2.24) is 0 Å². The molecule has 1 aromatic carbocycles. The van der Waals surface area contributed by atoms with Crippen LogP contribution < -0.4 is 0 Å². The van der Waals surface area contributed by atoms with Gasteiger partial charge < -0.3 is 20.0 Å². The molecule has 1 aromatic rings. The van der Waals surface area contributed by atoms with Gasteiger partial charge in [-0.3, -0.25) is 4.57 Å². The van der Waals surface area contributed by atoms with Gasteiger partial charge in [-0.25, -0.2) is 0 Å². The second-order valence-electron chi connectivity index (χ2n) is 2.95. The monoisotopic (exact) mass is 218 g/mol. The molecule has 0 unspecified atom stereocenters. The number of rotatable bonds is 3. The van der Waals surface area contributed by atoms with Gasteiger partial charge in [-0.2, -0.15) is 0 Å². The normalized spacial score (nSPS) is 11.6. The van der Waals surface area contributed by atoms with Crippen LogP contribution in [-0.2, 0) is 11.0 Å². The van der Waals surface area contributed by atoms with E-state index in [1.807, 2.05) is 0 Å². The summed E-state index contributed by atoms with van der Waals surface area (Å²) >= 11 is 0.